The van der Waals surface area contributed by atoms with Crippen LogP contribution in [0.3, 0.4) is 0 Å². The third-order valence-electron chi connectivity index (χ3n) is 0.441. The Bertz CT molecular complexity index is 64.0. The maximum Gasteiger partial charge on any atom is 0.0330 e. The highest BCUT2D eigenvalue weighted by atomic mass is 16.7. The Labute approximate surface area is 41.8 Å². The highest BCUT2D eigenvalue weighted by Crippen LogP contribution is 1.83. The Hall–Kier alpha value is -0.580. The van der Waals surface area contributed by atoms with E-state index in [9.17, 15) is 5.21 Å². The van der Waals surface area contributed by atoms with Crippen molar-refractivity contribution in [3.63, 3.8) is 0 Å². The lowest BCUT2D eigenvalue weighted by Crippen LogP contribution is -2.26. The van der Waals surface area contributed by atoms with E-state index in [0.29, 0.717) is 5.17 Å². The second kappa shape index (κ2) is 2.57. The van der Waals surface area contributed by atoms with Crippen LogP contribution in [0, 0.1) is 5.21 Å². The molecule has 0 aliphatic rings. The molecule has 0 aliphatic carbocycles. The summed E-state index contributed by atoms with van der Waals surface area (Å²) in [5.41, 5.74) is 0. The first-order valence-electron chi connectivity index (χ1n) is 1.70. The van der Waals surface area contributed by atoms with Gasteiger partial charge in [0.2, 0.25) is 0 Å². The molecule has 0 radical (unpaired) electrons. The summed E-state index contributed by atoms with van der Waals surface area (Å²) in [6, 6.07) is 0. The van der Waals surface area contributed by atoms with Crippen molar-refractivity contribution in [1.29, 1.82) is 0 Å². The first-order chi connectivity index (χ1) is 3.18. The van der Waals surface area contributed by atoms with Crippen LogP contribution in [0.15, 0.2) is 12.8 Å². The predicted octanol–water partition coefficient (Wildman–Crippen LogP) is 0.166. The summed E-state index contributed by atoms with van der Waals surface area (Å²) in [5.74, 6) is 0. The molecule has 4 heteroatoms. The van der Waals surface area contributed by atoms with Gasteiger partial charge < -0.3 is 10.4 Å². The van der Waals surface area contributed by atoms with Crippen LogP contribution < -0.4 is 0 Å². The van der Waals surface area contributed by atoms with Crippen molar-refractivity contribution < 1.29 is 5.21 Å². The first kappa shape index (κ1) is 6.42. The van der Waals surface area contributed by atoms with Crippen LogP contribution >= 0.6 is 0 Å². The van der Waals surface area contributed by atoms with E-state index in [1.54, 1.807) is 0 Å². The number of hydrogen-bond donors (Lipinski definition) is 1. The van der Waals surface area contributed by atoms with E-state index < -0.39 is 0 Å². The van der Waals surface area contributed by atoms with E-state index in [-0.39, 0.29) is 5.17 Å². The summed E-state index contributed by atoms with van der Waals surface area (Å²) < 4.78 is 0. The minimum absolute atomic E-state index is 0.194. The van der Waals surface area contributed by atoms with Crippen molar-refractivity contribution in [3.8, 4) is 0 Å². The molecule has 0 fully saturated rings. The highest BCUT2D eigenvalue weighted by molar-refractivity contribution is 4.63. The van der Waals surface area contributed by atoms with Gasteiger partial charge in [-0.2, -0.15) is 0 Å². The molecule has 42 valence electrons. The average Bonchev–Trinajstić information content (AvgIpc) is 1.65. The van der Waals surface area contributed by atoms with E-state index in [2.05, 4.69) is 6.58 Å². The zero-order valence-electron chi connectivity index (χ0n) is 4.03. The van der Waals surface area contributed by atoms with Gasteiger partial charge in [-0.05, 0) is 6.20 Å². The van der Waals surface area contributed by atoms with Gasteiger partial charge in [0.15, 0.2) is 0 Å². The van der Waals surface area contributed by atoms with E-state index in [1.165, 1.54) is 7.05 Å². The Kier molecular flexibility index (Phi) is 2.36. The lowest BCUT2D eigenvalue weighted by atomic mass is 11.0. The topological polar surface area (TPSA) is 49.8 Å². The smallest absolute Gasteiger partial charge is 0.0330 e. The molecule has 4 nitrogen and oxygen atoms in total. The van der Waals surface area contributed by atoms with Gasteiger partial charge in [-0.15, -0.1) is 5.17 Å². The number of hydroxylamine groups is 2. The molecule has 7 heavy (non-hydrogen) atoms. The Balaban J connectivity index is 3.33. The SMILES string of the molecule is C=CN([O-])N(C)O. The van der Waals surface area contributed by atoms with Gasteiger partial charge in [-0.1, -0.05) is 6.58 Å². The highest BCUT2D eigenvalue weighted by Gasteiger charge is 1.81. The normalized spacial score (nSPS) is 9.14. The number of rotatable bonds is 2. The number of hydrogen-bond acceptors (Lipinski definition) is 4. The summed E-state index contributed by atoms with van der Waals surface area (Å²) in [6.45, 7) is 3.09. The maximum atomic E-state index is 9.99. The van der Waals surface area contributed by atoms with Crippen molar-refractivity contribution in [2.24, 2.45) is 0 Å². The third-order valence-corrected chi connectivity index (χ3v) is 0.441. The molecular formula is C3H7N2O2-. The molecule has 0 aromatic carbocycles. The lowest BCUT2D eigenvalue weighted by molar-refractivity contribution is -0.181. The fourth-order valence-electron chi connectivity index (χ4n) is 0.118. The largest absolute Gasteiger partial charge is 0.742 e. The summed E-state index contributed by atoms with van der Waals surface area (Å²) in [5, 5.41) is 18.8. The zero-order valence-corrected chi connectivity index (χ0v) is 4.03. The molecule has 1 N–H and O–H groups in total. The van der Waals surface area contributed by atoms with Crippen molar-refractivity contribution in [2.45, 2.75) is 0 Å². The fourth-order valence-corrected chi connectivity index (χ4v) is 0.118. The van der Waals surface area contributed by atoms with Crippen LogP contribution in [0.4, 0.5) is 0 Å². The number of hydrazine groups is 1. The molecule has 0 saturated carbocycles. The summed E-state index contributed by atoms with van der Waals surface area (Å²) in [7, 11) is 1.20. The van der Waals surface area contributed by atoms with E-state index in [1.807, 2.05) is 0 Å². The van der Waals surface area contributed by atoms with Crippen LogP contribution in [0.2, 0.25) is 0 Å². The van der Waals surface area contributed by atoms with Crippen molar-refractivity contribution in [1.82, 2.24) is 10.3 Å². The molecule has 0 amide bonds. The van der Waals surface area contributed by atoms with Crippen LogP contribution in [0.25, 0.3) is 0 Å². The summed E-state index contributed by atoms with van der Waals surface area (Å²) in [6.07, 6.45) is 0.944. The van der Waals surface area contributed by atoms with Crippen molar-refractivity contribution >= 4 is 0 Å². The fraction of sp³-hybridized carbons (Fsp3) is 0.333. The monoisotopic (exact) mass is 103 g/mol. The van der Waals surface area contributed by atoms with Crippen LogP contribution in [0.1, 0.15) is 0 Å². The molecule has 0 rings (SSSR count). The van der Waals surface area contributed by atoms with Gasteiger partial charge in [0, 0.05) is 7.05 Å². The Morgan fingerprint density at radius 2 is 2.29 bits per heavy atom. The molecule has 0 aromatic rings. The summed E-state index contributed by atoms with van der Waals surface area (Å²) in [4.78, 5) is 0. The predicted molar refractivity (Wildman–Crippen MR) is 25.0 cm³/mol. The van der Waals surface area contributed by atoms with Gasteiger partial charge in [0.25, 0.3) is 0 Å². The Morgan fingerprint density at radius 1 is 1.86 bits per heavy atom. The molecule has 0 bridgehead atoms. The molecule has 0 atom stereocenters. The molecule has 0 unspecified atom stereocenters. The van der Waals surface area contributed by atoms with Crippen molar-refractivity contribution in [3.05, 3.63) is 18.0 Å². The maximum absolute atomic E-state index is 9.99. The third kappa shape index (κ3) is 2.16. The van der Waals surface area contributed by atoms with E-state index in [0.717, 1.165) is 6.20 Å². The van der Waals surface area contributed by atoms with Gasteiger partial charge >= 0.3 is 0 Å². The quantitative estimate of drug-likeness (QED) is 0.506. The first-order valence-corrected chi connectivity index (χ1v) is 1.70. The van der Waals surface area contributed by atoms with Gasteiger partial charge in [-0.25, -0.2) is 0 Å². The van der Waals surface area contributed by atoms with Crippen LogP contribution in [-0.4, -0.2) is 22.6 Å². The molecule has 0 heterocycles. The summed E-state index contributed by atoms with van der Waals surface area (Å²) >= 11 is 0. The number of nitrogens with zero attached hydrogens (tertiary/aromatic N) is 2. The minimum Gasteiger partial charge on any atom is -0.742 e. The molecule has 0 saturated heterocycles. The lowest BCUT2D eigenvalue weighted by Gasteiger charge is -2.29. The second-order valence-electron chi connectivity index (χ2n) is 0.975. The molecule has 0 spiro atoms. The zero-order chi connectivity index (χ0) is 5.86. The van der Waals surface area contributed by atoms with Gasteiger partial charge in [0.05, 0.1) is 0 Å². The van der Waals surface area contributed by atoms with Gasteiger partial charge in [-0.3, -0.25) is 5.21 Å². The second-order valence-corrected chi connectivity index (χ2v) is 0.975. The van der Waals surface area contributed by atoms with Crippen LogP contribution in [-0.2, 0) is 0 Å². The molecule has 0 aliphatic heterocycles. The minimum atomic E-state index is 0.194. The molecule has 0 aromatic heterocycles. The van der Waals surface area contributed by atoms with E-state index >= 15 is 0 Å². The standard InChI is InChI=1S/C3H7N2O2/c1-3-5(7)4(2)6/h3,6H,1H2,2H3/q-1. The van der Waals surface area contributed by atoms with Crippen LogP contribution in [0.5, 0.6) is 0 Å². The molecular weight excluding hydrogens is 96.0 g/mol. The van der Waals surface area contributed by atoms with Crippen molar-refractivity contribution in [2.75, 3.05) is 7.05 Å². The average molecular weight is 103 g/mol. The Morgan fingerprint density at radius 3 is 2.29 bits per heavy atom. The van der Waals surface area contributed by atoms with Gasteiger partial charge in [0.1, 0.15) is 0 Å². The van der Waals surface area contributed by atoms with E-state index in [4.69, 9.17) is 5.21 Å².